The minimum absolute atomic E-state index is 0.360. The van der Waals surface area contributed by atoms with Gasteiger partial charge in [-0.3, -0.25) is 0 Å². The van der Waals surface area contributed by atoms with Gasteiger partial charge in [-0.15, -0.1) is 0 Å². The van der Waals surface area contributed by atoms with Gasteiger partial charge in [-0.05, 0) is 37.0 Å². The van der Waals surface area contributed by atoms with Crippen LogP contribution < -0.4 is 0 Å². The molecule has 98 valence electrons. The van der Waals surface area contributed by atoms with Gasteiger partial charge in [-0.1, -0.05) is 67.0 Å². The summed E-state index contributed by atoms with van der Waals surface area (Å²) in [6.45, 7) is 22.3. The molecule has 0 N–H and O–H groups in total. The van der Waals surface area contributed by atoms with Crippen LogP contribution >= 0.6 is 0 Å². The average Bonchev–Trinajstić information content (AvgIpc) is 1.72. The predicted molar refractivity (Wildman–Crippen MR) is 77.8 cm³/mol. The van der Waals surface area contributed by atoms with Crippen LogP contribution in [0, 0.1) is 16.7 Å². The maximum atomic E-state index is 2.28. The summed E-state index contributed by atoms with van der Waals surface area (Å²) in [4.78, 5) is 0. The Kier molecular flexibility index (Phi) is 8.09. The first-order valence-electron chi connectivity index (χ1n) is 6.49. The molecule has 0 rings (SSSR count). The van der Waals surface area contributed by atoms with Gasteiger partial charge in [-0.2, -0.15) is 0 Å². The van der Waals surface area contributed by atoms with Crippen LogP contribution in [0.5, 0.6) is 0 Å². The van der Waals surface area contributed by atoms with E-state index < -0.39 is 0 Å². The van der Waals surface area contributed by atoms with Crippen LogP contribution in [-0.2, 0) is 0 Å². The van der Waals surface area contributed by atoms with Gasteiger partial charge < -0.3 is 0 Å². The molecule has 0 atom stereocenters. The summed E-state index contributed by atoms with van der Waals surface area (Å²) in [5.74, 6) is 0.843. The Hall–Kier alpha value is -0.260. The lowest BCUT2D eigenvalue weighted by Crippen LogP contribution is -2.08. The maximum absolute atomic E-state index is 2.28. The molecule has 0 heterocycles. The molecule has 0 aromatic rings. The highest BCUT2D eigenvalue weighted by molar-refractivity contribution is 5.00. The van der Waals surface area contributed by atoms with Crippen molar-refractivity contribution in [1.29, 1.82) is 0 Å². The summed E-state index contributed by atoms with van der Waals surface area (Å²) in [5.41, 5.74) is 2.28. The van der Waals surface area contributed by atoms with E-state index in [0.29, 0.717) is 10.8 Å². The second-order valence-corrected chi connectivity index (χ2v) is 7.75. The Morgan fingerprint density at radius 3 is 1.31 bits per heavy atom. The van der Waals surface area contributed by atoms with Crippen LogP contribution in [0.3, 0.4) is 0 Å². The van der Waals surface area contributed by atoms with Gasteiger partial charge in [0.25, 0.3) is 0 Å². The van der Waals surface area contributed by atoms with E-state index >= 15 is 0 Å². The number of allylic oxidation sites excluding steroid dienone is 2. The van der Waals surface area contributed by atoms with E-state index in [1.54, 1.807) is 0 Å². The molecule has 0 aliphatic carbocycles. The molecule has 0 unspecified atom stereocenters. The fraction of sp³-hybridized carbons (Fsp3) is 0.875. The van der Waals surface area contributed by atoms with Crippen LogP contribution in [0.15, 0.2) is 11.6 Å². The van der Waals surface area contributed by atoms with Crippen LogP contribution in [-0.4, -0.2) is 0 Å². The van der Waals surface area contributed by atoms with Crippen molar-refractivity contribution in [3.05, 3.63) is 11.6 Å². The summed E-state index contributed by atoms with van der Waals surface area (Å²) in [5, 5.41) is 0. The van der Waals surface area contributed by atoms with E-state index in [-0.39, 0.29) is 0 Å². The largest absolute Gasteiger partial charge is 0.0805 e. The van der Waals surface area contributed by atoms with Crippen molar-refractivity contribution in [2.75, 3.05) is 0 Å². The van der Waals surface area contributed by atoms with Crippen molar-refractivity contribution >= 4 is 0 Å². The van der Waals surface area contributed by atoms with E-state index in [2.05, 4.69) is 75.3 Å². The first kappa shape index (κ1) is 18.1. The molecule has 0 amide bonds. The minimum Gasteiger partial charge on any atom is -0.0805 e. The lowest BCUT2D eigenvalue weighted by atomic mass is 9.86. The Morgan fingerprint density at radius 2 is 1.31 bits per heavy atom. The number of hydrogen-bond donors (Lipinski definition) is 0. The average molecular weight is 226 g/mol. The molecule has 0 spiro atoms. The standard InChI is InChI=1S/C8H18.C8H16/c2*1-7(2)6-8(3,4)5/h7H,6H2,1-5H3;6H,1-5H3. The lowest BCUT2D eigenvalue weighted by Gasteiger charge is -2.19. The summed E-state index contributed by atoms with van der Waals surface area (Å²) in [7, 11) is 0. The summed E-state index contributed by atoms with van der Waals surface area (Å²) >= 11 is 0. The third-order valence-electron chi connectivity index (χ3n) is 1.74. The molecule has 0 radical (unpaired) electrons. The Balaban J connectivity index is 0. The van der Waals surface area contributed by atoms with Crippen LogP contribution in [0.4, 0.5) is 0 Å². The van der Waals surface area contributed by atoms with Gasteiger partial charge in [0, 0.05) is 0 Å². The number of hydrogen-bond acceptors (Lipinski definition) is 0. The van der Waals surface area contributed by atoms with E-state index in [0.717, 1.165) is 5.92 Å². The van der Waals surface area contributed by atoms with Gasteiger partial charge in [0.05, 0.1) is 0 Å². The summed E-state index contributed by atoms with van der Waals surface area (Å²) in [6, 6.07) is 0. The zero-order valence-electron chi connectivity index (χ0n) is 13.4. The van der Waals surface area contributed by atoms with Crippen molar-refractivity contribution in [3.63, 3.8) is 0 Å². The SMILES string of the molecule is CC(C)=CC(C)(C)C.CC(C)CC(C)(C)C. The van der Waals surface area contributed by atoms with Gasteiger partial charge >= 0.3 is 0 Å². The van der Waals surface area contributed by atoms with Crippen molar-refractivity contribution in [2.24, 2.45) is 16.7 Å². The first-order valence-corrected chi connectivity index (χ1v) is 6.49. The van der Waals surface area contributed by atoms with Crippen molar-refractivity contribution in [3.8, 4) is 0 Å². The first-order chi connectivity index (χ1) is 6.83. The Morgan fingerprint density at radius 1 is 0.938 bits per heavy atom. The molecule has 0 fully saturated rings. The maximum Gasteiger partial charge on any atom is -0.0201 e. The third-order valence-corrected chi connectivity index (χ3v) is 1.74. The third kappa shape index (κ3) is 23.5. The Labute approximate surface area is 105 Å². The zero-order valence-corrected chi connectivity index (χ0v) is 13.4. The molecule has 16 heavy (non-hydrogen) atoms. The van der Waals surface area contributed by atoms with Gasteiger partial charge in [-0.25, -0.2) is 0 Å². The molecule has 0 aromatic carbocycles. The highest BCUT2D eigenvalue weighted by atomic mass is 14.2. The molecule has 0 aromatic heterocycles. The molecule has 0 aliphatic heterocycles. The molecular weight excluding hydrogens is 192 g/mol. The molecule has 0 aliphatic rings. The molecular formula is C16H34. The zero-order chi connectivity index (χ0) is 13.6. The summed E-state index contributed by atoms with van der Waals surface area (Å²) < 4.78 is 0. The monoisotopic (exact) mass is 226 g/mol. The van der Waals surface area contributed by atoms with E-state index in [1.807, 2.05) is 0 Å². The molecule has 0 bridgehead atoms. The van der Waals surface area contributed by atoms with Crippen LogP contribution in [0.25, 0.3) is 0 Å². The fourth-order valence-electron chi connectivity index (χ4n) is 2.09. The fourth-order valence-corrected chi connectivity index (χ4v) is 2.09. The van der Waals surface area contributed by atoms with Crippen LogP contribution in [0.1, 0.15) is 75.7 Å². The van der Waals surface area contributed by atoms with E-state index in [4.69, 9.17) is 0 Å². The molecule has 0 nitrogen and oxygen atoms in total. The quantitative estimate of drug-likeness (QED) is 0.475. The Bertz CT molecular complexity index is 189. The highest BCUT2D eigenvalue weighted by Gasteiger charge is 2.11. The van der Waals surface area contributed by atoms with Crippen molar-refractivity contribution in [1.82, 2.24) is 0 Å². The van der Waals surface area contributed by atoms with E-state index in [1.165, 1.54) is 12.0 Å². The lowest BCUT2D eigenvalue weighted by molar-refractivity contribution is 0.320. The highest BCUT2D eigenvalue weighted by Crippen LogP contribution is 2.23. The van der Waals surface area contributed by atoms with Crippen molar-refractivity contribution in [2.45, 2.75) is 75.7 Å². The van der Waals surface area contributed by atoms with E-state index in [9.17, 15) is 0 Å². The van der Waals surface area contributed by atoms with Gasteiger partial charge in [0.1, 0.15) is 0 Å². The summed E-state index contributed by atoms with van der Waals surface area (Å²) in [6.07, 6.45) is 3.60. The predicted octanol–water partition coefficient (Wildman–Crippen LogP) is 6.08. The smallest absolute Gasteiger partial charge is 0.0201 e. The second kappa shape index (κ2) is 7.14. The topological polar surface area (TPSA) is 0 Å². The van der Waals surface area contributed by atoms with Gasteiger partial charge in [0.2, 0.25) is 0 Å². The van der Waals surface area contributed by atoms with Crippen molar-refractivity contribution < 1.29 is 0 Å². The minimum atomic E-state index is 0.360. The normalized spacial score (nSPS) is 11.9. The molecule has 0 saturated carbocycles. The number of rotatable bonds is 1. The molecule has 0 heteroatoms. The molecule has 0 saturated heterocycles. The van der Waals surface area contributed by atoms with Gasteiger partial charge in [0.15, 0.2) is 0 Å². The second-order valence-electron chi connectivity index (χ2n) is 7.75. The van der Waals surface area contributed by atoms with Crippen LogP contribution in [0.2, 0.25) is 0 Å².